The van der Waals surface area contributed by atoms with Gasteiger partial charge >= 0.3 is 0 Å². The van der Waals surface area contributed by atoms with E-state index >= 15 is 0 Å². The number of nitrogens with two attached hydrogens (primary N) is 1. The van der Waals surface area contributed by atoms with E-state index < -0.39 is 10.2 Å². The molecule has 0 amide bonds. The van der Waals surface area contributed by atoms with Gasteiger partial charge < -0.3 is 0 Å². The van der Waals surface area contributed by atoms with Gasteiger partial charge in [0.05, 0.1) is 0 Å². The highest BCUT2D eigenvalue weighted by Gasteiger charge is 2.35. The molecule has 1 aliphatic carbocycles. The van der Waals surface area contributed by atoms with Crippen LogP contribution < -0.4 is 9.86 Å². The van der Waals surface area contributed by atoms with Crippen LogP contribution in [0.2, 0.25) is 0 Å². The second kappa shape index (κ2) is 3.55. The molecule has 3 N–H and O–H groups in total. The summed E-state index contributed by atoms with van der Waals surface area (Å²) < 4.78 is 24.4. The summed E-state index contributed by atoms with van der Waals surface area (Å²) in [5.74, 6) is 0.361. The van der Waals surface area contributed by atoms with Crippen LogP contribution in [-0.4, -0.2) is 14.0 Å². The molecule has 0 saturated heterocycles. The van der Waals surface area contributed by atoms with Crippen molar-refractivity contribution in [3.63, 3.8) is 0 Å². The van der Waals surface area contributed by atoms with Crippen molar-refractivity contribution in [2.75, 3.05) is 0 Å². The zero-order chi connectivity index (χ0) is 10.1. The lowest BCUT2D eigenvalue weighted by molar-refractivity contribution is 0.204. The van der Waals surface area contributed by atoms with Gasteiger partial charge in [-0.15, -0.1) is 0 Å². The van der Waals surface area contributed by atoms with E-state index in [9.17, 15) is 8.42 Å². The van der Waals surface area contributed by atoms with Gasteiger partial charge in [0.1, 0.15) is 0 Å². The Morgan fingerprint density at radius 1 is 1.46 bits per heavy atom. The molecule has 13 heavy (non-hydrogen) atoms. The smallest absolute Gasteiger partial charge is 0.216 e. The number of nitrogens with one attached hydrogen (secondary N) is 1. The Morgan fingerprint density at radius 3 is 2.54 bits per heavy atom. The van der Waals surface area contributed by atoms with Crippen LogP contribution in [0.5, 0.6) is 0 Å². The Hall–Kier alpha value is -0.130. The van der Waals surface area contributed by atoms with E-state index in [1.54, 1.807) is 0 Å². The molecule has 2 unspecified atom stereocenters. The molecule has 0 bridgehead atoms. The number of hydrogen-bond donors (Lipinski definition) is 2. The zero-order valence-electron chi connectivity index (χ0n) is 8.21. The van der Waals surface area contributed by atoms with Crippen molar-refractivity contribution in [3.05, 3.63) is 0 Å². The fourth-order valence-electron chi connectivity index (χ4n) is 1.98. The summed E-state index contributed by atoms with van der Waals surface area (Å²) in [6.45, 7) is 4.00. The monoisotopic (exact) mass is 206 g/mol. The lowest BCUT2D eigenvalue weighted by Gasteiger charge is -2.39. The van der Waals surface area contributed by atoms with E-state index in [-0.39, 0.29) is 5.54 Å². The molecule has 0 aromatic rings. The summed E-state index contributed by atoms with van der Waals surface area (Å²) in [7, 11) is -3.57. The third-order valence-corrected chi connectivity index (χ3v) is 3.80. The van der Waals surface area contributed by atoms with Gasteiger partial charge in [-0.1, -0.05) is 19.8 Å². The van der Waals surface area contributed by atoms with Gasteiger partial charge in [0.25, 0.3) is 10.2 Å². The van der Waals surface area contributed by atoms with E-state index in [1.165, 1.54) is 6.42 Å². The molecule has 0 spiro atoms. The highest BCUT2D eigenvalue weighted by Crippen LogP contribution is 2.33. The second-order valence-corrected chi connectivity index (χ2v) is 5.51. The SMILES string of the molecule is CC1CCCCC1(C)NS(N)(=O)=O. The molecule has 0 aromatic carbocycles. The Kier molecular flexibility index (Phi) is 2.99. The first-order valence-electron chi connectivity index (χ1n) is 4.65. The molecule has 1 rings (SSSR count). The van der Waals surface area contributed by atoms with Gasteiger partial charge in [-0.3, -0.25) is 0 Å². The van der Waals surface area contributed by atoms with Gasteiger partial charge in [-0.05, 0) is 25.7 Å². The topological polar surface area (TPSA) is 72.2 Å². The van der Waals surface area contributed by atoms with E-state index in [0.717, 1.165) is 19.3 Å². The molecule has 1 aliphatic rings. The summed E-state index contributed by atoms with van der Waals surface area (Å²) in [5.41, 5.74) is -0.341. The fraction of sp³-hybridized carbons (Fsp3) is 1.00. The standard InChI is InChI=1S/C8H18N2O2S/c1-7-5-3-4-6-8(7,2)10-13(9,11)12/h7,10H,3-6H2,1-2H3,(H2,9,11,12). The normalized spacial score (nSPS) is 36.1. The van der Waals surface area contributed by atoms with Gasteiger partial charge in [0.15, 0.2) is 0 Å². The minimum absolute atomic E-state index is 0.341. The third-order valence-electron chi connectivity index (χ3n) is 3.05. The largest absolute Gasteiger partial charge is 0.274 e. The van der Waals surface area contributed by atoms with E-state index in [4.69, 9.17) is 5.14 Å². The number of rotatable bonds is 2. The molecule has 5 heteroatoms. The van der Waals surface area contributed by atoms with Crippen LogP contribution >= 0.6 is 0 Å². The van der Waals surface area contributed by atoms with Crippen molar-refractivity contribution >= 4 is 10.2 Å². The molecule has 0 heterocycles. The second-order valence-electron chi connectivity index (χ2n) is 4.21. The fourth-order valence-corrected chi connectivity index (χ4v) is 2.94. The molecule has 0 aliphatic heterocycles. The lowest BCUT2D eigenvalue weighted by Crippen LogP contribution is -2.53. The predicted octanol–water partition coefficient (Wildman–Crippen LogP) is 0.748. The quantitative estimate of drug-likeness (QED) is 0.699. The minimum Gasteiger partial charge on any atom is -0.216 e. The highest BCUT2D eigenvalue weighted by molar-refractivity contribution is 7.87. The van der Waals surface area contributed by atoms with Crippen molar-refractivity contribution in [2.45, 2.75) is 45.1 Å². The molecule has 2 atom stereocenters. The molecular weight excluding hydrogens is 188 g/mol. The molecule has 1 fully saturated rings. The molecular formula is C8H18N2O2S. The first-order valence-corrected chi connectivity index (χ1v) is 6.20. The van der Waals surface area contributed by atoms with Crippen molar-refractivity contribution < 1.29 is 8.42 Å². The third kappa shape index (κ3) is 2.93. The Bertz CT molecular complexity index is 276. The Balaban J connectivity index is 2.73. The van der Waals surface area contributed by atoms with Crippen molar-refractivity contribution in [3.8, 4) is 0 Å². The Morgan fingerprint density at radius 2 is 2.08 bits per heavy atom. The van der Waals surface area contributed by atoms with Gasteiger partial charge in [0, 0.05) is 5.54 Å². The van der Waals surface area contributed by atoms with Crippen LogP contribution in [0, 0.1) is 5.92 Å². The van der Waals surface area contributed by atoms with Crippen LogP contribution in [0.25, 0.3) is 0 Å². The maximum Gasteiger partial charge on any atom is 0.274 e. The van der Waals surface area contributed by atoms with Crippen LogP contribution in [0.4, 0.5) is 0 Å². The van der Waals surface area contributed by atoms with Crippen LogP contribution in [-0.2, 0) is 10.2 Å². The first kappa shape index (κ1) is 10.9. The molecule has 0 radical (unpaired) electrons. The van der Waals surface area contributed by atoms with Crippen molar-refractivity contribution in [1.82, 2.24) is 4.72 Å². The lowest BCUT2D eigenvalue weighted by atomic mass is 9.76. The molecule has 1 saturated carbocycles. The summed E-state index contributed by atoms with van der Waals surface area (Å²) in [4.78, 5) is 0. The van der Waals surface area contributed by atoms with Crippen molar-refractivity contribution in [2.24, 2.45) is 11.1 Å². The van der Waals surface area contributed by atoms with Crippen LogP contribution in [0.1, 0.15) is 39.5 Å². The van der Waals surface area contributed by atoms with Crippen molar-refractivity contribution in [1.29, 1.82) is 0 Å². The van der Waals surface area contributed by atoms with Gasteiger partial charge in [-0.25, -0.2) is 5.14 Å². The predicted molar refractivity (Wildman–Crippen MR) is 52.3 cm³/mol. The van der Waals surface area contributed by atoms with Gasteiger partial charge in [-0.2, -0.15) is 13.1 Å². The molecule has 4 nitrogen and oxygen atoms in total. The molecule has 0 aromatic heterocycles. The maximum atomic E-state index is 10.9. The first-order chi connectivity index (χ1) is 5.83. The average Bonchev–Trinajstić information content (AvgIpc) is 1.92. The van der Waals surface area contributed by atoms with Crippen LogP contribution in [0.15, 0.2) is 0 Å². The summed E-state index contributed by atoms with van der Waals surface area (Å²) in [6.07, 6.45) is 4.20. The average molecular weight is 206 g/mol. The van der Waals surface area contributed by atoms with Gasteiger partial charge in [0.2, 0.25) is 0 Å². The molecule has 78 valence electrons. The minimum atomic E-state index is -3.57. The van der Waals surface area contributed by atoms with E-state index in [2.05, 4.69) is 11.6 Å². The van der Waals surface area contributed by atoms with E-state index in [1.807, 2.05) is 6.92 Å². The zero-order valence-corrected chi connectivity index (χ0v) is 9.02. The summed E-state index contributed by atoms with van der Waals surface area (Å²) >= 11 is 0. The summed E-state index contributed by atoms with van der Waals surface area (Å²) in [5, 5.41) is 4.97. The Labute approximate surface area is 80.1 Å². The maximum absolute atomic E-state index is 10.9. The van der Waals surface area contributed by atoms with E-state index in [0.29, 0.717) is 5.92 Å². The van der Waals surface area contributed by atoms with Crippen LogP contribution in [0.3, 0.4) is 0 Å². The highest BCUT2D eigenvalue weighted by atomic mass is 32.2. The number of hydrogen-bond acceptors (Lipinski definition) is 2. The summed E-state index contributed by atoms with van der Waals surface area (Å²) in [6, 6.07) is 0.